The summed E-state index contributed by atoms with van der Waals surface area (Å²) in [4.78, 5) is 11.3. The maximum atomic E-state index is 11.3. The van der Waals surface area contributed by atoms with E-state index in [2.05, 4.69) is 5.32 Å². The van der Waals surface area contributed by atoms with Crippen LogP contribution in [0, 0.1) is 5.41 Å². The molecule has 0 spiro atoms. The van der Waals surface area contributed by atoms with E-state index in [4.69, 9.17) is 25.8 Å². The van der Waals surface area contributed by atoms with Crippen LogP contribution in [0.3, 0.4) is 0 Å². The van der Waals surface area contributed by atoms with E-state index in [0.29, 0.717) is 28.9 Å². The van der Waals surface area contributed by atoms with Gasteiger partial charge in [-0.1, -0.05) is 31.5 Å². The number of halogens is 1. The molecule has 0 bridgehead atoms. The summed E-state index contributed by atoms with van der Waals surface area (Å²) in [7, 11) is 1.58. The Morgan fingerprint density at radius 1 is 1.28 bits per heavy atom. The van der Waals surface area contributed by atoms with Crippen molar-refractivity contribution < 1.29 is 24.1 Å². The number of nitrogens with one attached hydrogen (secondary N) is 1. The molecular formula is C22H26ClNO5. The molecule has 2 aromatic carbocycles. The van der Waals surface area contributed by atoms with Crippen molar-refractivity contribution in [1.82, 2.24) is 5.32 Å². The topological polar surface area (TPSA) is 77.0 Å². The summed E-state index contributed by atoms with van der Waals surface area (Å²) in [6, 6.07) is 8.84. The zero-order valence-electron chi connectivity index (χ0n) is 17.2. The average Bonchev–Trinajstić information content (AvgIpc) is 2.64. The highest BCUT2D eigenvalue weighted by Crippen LogP contribution is 2.47. The Hall–Kier alpha value is -2.60. The Bertz CT molecular complexity index is 926. The number of carboxylic acid groups (broad SMARTS) is 1. The summed E-state index contributed by atoms with van der Waals surface area (Å²) < 4.78 is 17.3. The molecule has 1 unspecified atom stereocenters. The molecule has 2 N–H and O–H groups in total. The first-order valence-corrected chi connectivity index (χ1v) is 9.81. The van der Waals surface area contributed by atoms with Gasteiger partial charge in [-0.2, -0.15) is 0 Å². The molecule has 3 rings (SSSR count). The van der Waals surface area contributed by atoms with Crippen LogP contribution in [-0.2, 0) is 0 Å². The van der Waals surface area contributed by atoms with Crippen molar-refractivity contribution in [2.24, 2.45) is 5.41 Å². The molecule has 1 atom stereocenters. The van der Waals surface area contributed by atoms with E-state index >= 15 is 0 Å². The molecule has 1 aliphatic rings. The molecule has 0 radical (unpaired) electrons. The van der Waals surface area contributed by atoms with Crippen molar-refractivity contribution in [1.29, 1.82) is 0 Å². The van der Waals surface area contributed by atoms with E-state index in [-0.39, 0.29) is 6.10 Å². The fourth-order valence-electron chi connectivity index (χ4n) is 3.50. The monoisotopic (exact) mass is 419 g/mol. The van der Waals surface area contributed by atoms with Gasteiger partial charge in [-0.15, -0.1) is 0 Å². The number of amides is 1. The van der Waals surface area contributed by atoms with E-state index < -0.39 is 17.6 Å². The van der Waals surface area contributed by atoms with Gasteiger partial charge in [0.05, 0.1) is 30.9 Å². The fourth-order valence-corrected chi connectivity index (χ4v) is 3.73. The maximum Gasteiger partial charge on any atom is 0.405 e. The van der Waals surface area contributed by atoms with Crippen LogP contribution >= 0.6 is 11.6 Å². The summed E-state index contributed by atoms with van der Waals surface area (Å²) in [5.74, 6) is 1.85. The number of benzene rings is 2. The minimum atomic E-state index is -1.08. The first kappa shape index (κ1) is 21.1. The third-order valence-electron chi connectivity index (χ3n) is 4.90. The van der Waals surface area contributed by atoms with Gasteiger partial charge in [0.15, 0.2) is 0 Å². The molecule has 29 heavy (non-hydrogen) atoms. The highest BCUT2D eigenvalue weighted by molar-refractivity contribution is 6.32. The van der Waals surface area contributed by atoms with Gasteiger partial charge < -0.3 is 24.6 Å². The zero-order chi connectivity index (χ0) is 21.3. The highest BCUT2D eigenvalue weighted by Gasteiger charge is 2.39. The first-order chi connectivity index (χ1) is 13.6. The average molecular weight is 420 g/mol. The standard InChI is InChI=1S/C22H26ClNO5/c1-12(2)29-17-7-6-13(8-16(17)23)14-9-19-15(10-18(14)27-5)20(24-21(25)26)22(3,4)11-28-19/h6-10,12,20,24H,11H2,1-5H3,(H,25,26). The van der Waals surface area contributed by atoms with E-state index in [1.54, 1.807) is 7.11 Å². The second-order valence-corrected chi connectivity index (χ2v) is 8.47. The Labute approximate surface area is 175 Å². The van der Waals surface area contributed by atoms with Crippen LogP contribution in [0.15, 0.2) is 30.3 Å². The Balaban J connectivity index is 2.07. The first-order valence-electron chi connectivity index (χ1n) is 9.43. The van der Waals surface area contributed by atoms with E-state index in [1.165, 1.54) is 0 Å². The number of rotatable bonds is 5. The Morgan fingerprint density at radius 3 is 2.59 bits per heavy atom. The summed E-state index contributed by atoms with van der Waals surface area (Å²) in [6.07, 6.45) is -1.06. The molecule has 1 aliphatic heterocycles. The predicted octanol–water partition coefficient (Wildman–Crippen LogP) is 5.53. The second-order valence-electron chi connectivity index (χ2n) is 8.06. The van der Waals surface area contributed by atoms with Crippen LogP contribution in [0.2, 0.25) is 5.02 Å². The molecule has 1 heterocycles. The molecule has 156 valence electrons. The largest absolute Gasteiger partial charge is 0.496 e. The van der Waals surface area contributed by atoms with Crippen molar-refractivity contribution in [2.45, 2.75) is 39.8 Å². The van der Waals surface area contributed by atoms with Gasteiger partial charge in [0.25, 0.3) is 0 Å². The smallest absolute Gasteiger partial charge is 0.405 e. The Morgan fingerprint density at radius 2 is 2.00 bits per heavy atom. The highest BCUT2D eigenvalue weighted by atomic mass is 35.5. The normalized spacial score (nSPS) is 17.3. The van der Waals surface area contributed by atoms with Gasteiger partial charge in [-0.25, -0.2) is 4.79 Å². The summed E-state index contributed by atoms with van der Waals surface area (Å²) >= 11 is 6.41. The number of hydrogen-bond acceptors (Lipinski definition) is 4. The maximum absolute atomic E-state index is 11.3. The molecule has 1 amide bonds. The van der Waals surface area contributed by atoms with Crippen molar-refractivity contribution >= 4 is 17.7 Å². The minimum absolute atomic E-state index is 0.0204. The van der Waals surface area contributed by atoms with E-state index in [9.17, 15) is 9.90 Å². The van der Waals surface area contributed by atoms with Gasteiger partial charge in [0.1, 0.15) is 17.2 Å². The predicted molar refractivity (Wildman–Crippen MR) is 112 cm³/mol. The van der Waals surface area contributed by atoms with Crippen LogP contribution in [0.4, 0.5) is 4.79 Å². The fraction of sp³-hybridized carbons (Fsp3) is 0.409. The summed E-state index contributed by atoms with van der Waals surface area (Å²) in [5, 5.41) is 12.4. The molecule has 7 heteroatoms. The summed E-state index contributed by atoms with van der Waals surface area (Å²) in [5.41, 5.74) is 1.99. The molecule has 0 saturated heterocycles. The lowest BCUT2D eigenvalue weighted by Crippen LogP contribution is -2.43. The number of methoxy groups -OCH3 is 1. The van der Waals surface area contributed by atoms with Crippen LogP contribution < -0.4 is 19.5 Å². The molecular weight excluding hydrogens is 394 g/mol. The van der Waals surface area contributed by atoms with Gasteiger partial charge in [-0.3, -0.25) is 0 Å². The molecule has 0 fully saturated rings. The van der Waals surface area contributed by atoms with Crippen LogP contribution in [-0.4, -0.2) is 31.0 Å². The number of carbonyl (C=O) groups is 1. The quantitative estimate of drug-likeness (QED) is 0.666. The lowest BCUT2D eigenvalue weighted by Gasteiger charge is -2.39. The SMILES string of the molecule is COc1cc2c(cc1-c1ccc(OC(C)C)c(Cl)c1)OCC(C)(C)C2NC(=O)O. The second kappa shape index (κ2) is 8.03. The molecule has 2 aromatic rings. The number of hydrogen-bond donors (Lipinski definition) is 2. The molecule has 6 nitrogen and oxygen atoms in total. The number of fused-ring (bicyclic) bond motifs is 1. The third kappa shape index (κ3) is 4.37. The molecule has 0 aromatic heterocycles. The van der Waals surface area contributed by atoms with Gasteiger partial charge in [-0.05, 0) is 43.7 Å². The van der Waals surface area contributed by atoms with Crippen LogP contribution in [0.1, 0.15) is 39.3 Å². The summed E-state index contributed by atoms with van der Waals surface area (Å²) in [6.45, 7) is 8.20. The van der Waals surface area contributed by atoms with Gasteiger partial charge >= 0.3 is 6.09 Å². The van der Waals surface area contributed by atoms with E-state index in [1.807, 2.05) is 58.0 Å². The van der Waals surface area contributed by atoms with Crippen molar-refractivity contribution in [3.8, 4) is 28.4 Å². The van der Waals surface area contributed by atoms with Crippen molar-refractivity contribution in [3.63, 3.8) is 0 Å². The Kier molecular flexibility index (Phi) is 5.85. The van der Waals surface area contributed by atoms with Crippen molar-refractivity contribution in [2.75, 3.05) is 13.7 Å². The third-order valence-corrected chi connectivity index (χ3v) is 5.19. The lowest BCUT2D eigenvalue weighted by atomic mass is 9.78. The van der Waals surface area contributed by atoms with Gasteiger partial charge in [0.2, 0.25) is 0 Å². The van der Waals surface area contributed by atoms with Gasteiger partial charge in [0, 0.05) is 16.5 Å². The van der Waals surface area contributed by atoms with E-state index in [0.717, 1.165) is 16.7 Å². The van der Waals surface area contributed by atoms with Crippen LogP contribution in [0.25, 0.3) is 11.1 Å². The lowest BCUT2D eigenvalue weighted by molar-refractivity contribution is 0.0993. The molecule has 0 aliphatic carbocycles. The van der Waals surface area contributed by atoms with Crippen LogP contribution in [0.5, 0.6) is 17.2 Å². The van der Waals surface area contributed by atoms with Crippen molar-refractivity contribution in [3.05, 3.63) is 40.9 Å². The number of ether oxygens (including phenoxy) is 3. The molecule has 0 saturated carbocycles. The zero-order valence-corrected chi connectivity index (χ0v) is 18.0. The minimum Gasteiger partial charge on any atom is -0.496 e.